The van der Waals surface area contributed by atoms with Gasteiger partial charge < -0.3 is 11.1 Å². The Morgan fingerprint density at radius 3 is 2.26 bits per heavy atom. The smallest absolute Gasteiger partial charge is 0.367 e. The second-order valence-electron chi connectivity index (χ2n) is 8.60. The van der Waals surface area contributed by atoms with E-state index in [4.69, 9.17) is 5.73 Å². The van der Waals surface area contributed by atoms with E-state index >= 15 is 0 Å². The van der Waals surface area contributed by atoms with Gasteiger partial charge in [0.1, 0.15) is 5.82 Å². The lowest BCUT2D eigenvalue weighted by Gasteiger charge is -2.29. The monoisotopic (exact) mass is 523 g/mol. The van der Waals surface area contributed by atoms with Gasteiger partial charge in [-0.15, -0.1) is 11.3 Å². The van der Waals surface area contributed by atoms with Crippen LogP contribution in [0.3, 0.4) is 0 Å². The number of primary amides is 1. The molecule has 1 amide bonds. The maximum Gasteiger partial charge on any atom is 0.417 e. The minimum atomic E-state index is -4.44. The van der Waals surface area contributed by atoms with Gasteiger partial charge in [0.15, 0.2) is 9.84 Å². The fourth-order valence-corrected chi connectivity index (χ4v) is 7.08. The molecule has 3 aromatic rings. The molecule has 186 valence electrons. The van der Waals surface area contributed by atoms with E-state index in [1.807, 2.05) is 6.92 Å². The molecule has 1 aliphatic rings. The highest BCUT2D eigenvalue weighted by Crippen LogP contribution is 2.35. The SMILES string of the molecule is Cc1cc(C(N)=O)sc1-c1ccc(S(=O)(=O)C2CCC(Nc3ccc(C(F)(F)F)cn3)CC2)cc1. The number of sulfone groups is 1. The highest BCUT2D eigenvalue weighted by atomic mass is 32.2. The summed E-state index contributed by atoms with van der Waals surface area (Å²) in [5.41, 5.74) is 6.25. The quantitative estimate of drug-likeness (QED) is 0.448. The van der Waals surface area contributed by atoms with Crippen LogP contribution >= 0.6 is 11.3 Å². The number of carbonyl (C=O) groups is 1. The summed E-state index contributed by atoms with van der Waals surface area (Å²) in [5.74, 6) is -0.161. The van der Waals surface area contributed by atoms with Gasteiger partial charge in [0.25, 0.3) is 5.91 Å². The zero-order valence-electron chi connectivity index (χ0n) is 18.8. The lowest BCUT2D eigenvalue weighted by molar-refractivity contribution is -0.137. The molecule has 2 heterocycles. The number of rotatable bonds is 6. The molecule has 2 aromatic heterocycles. The second kappa shape index (κ2) is 9.62. The Bertz CT molecular complexity index is 1310. The summed E-state index contributed by atoms with van der Waals surface area (Å²) < 4.78 is 64.5. The second-order valence-corrected chi connectivity index (χ2v) is 11.9. The van der Waals surface area contributed by atoms with Crippen molar-refractivity contribution >= 4 is 32.9 Å². The summed E-state index contributed by atoms with van der Waals surface area (Å²) in [4.78, 5) is 16.8. The number of anilines is 1. The summed E-state index contributed by atoms with van der Waals surface area (Å²) >= 11 is 1.27. The van der Waals surface area contributed by atoms with Crippen LogP contribution in [-0.4, -0.2) is 30.6 Å². The Morgan fingerprint density at radius 1 is 1.09 bits per heavy atom. The molecule has 6 nitrogen and oxygen atoms in total. The molecule has 0 spiro atoms. The van der Waals surface area contributed by atoms with Gasteiger partial charge in [-0.1, -0.05) is 12.1 Å². The Hall–Kier alpha value is -2.92. The van der Waals surface area contributed by atoms with Gasteiger partial charge in [0.05, 0.1) is 20.6 Å². The number of halogens is 3. The number of carbonyl (C=O) groups excluding carboxylic acids is 1. The molecule has 3 N–H and O–H groups in total. The number of benzene rings is 1. The third-order valence-corrected chi connectivity index (χ3v) is 9.74. The first-order valence-corrected chi connectivity index (χ1v) is 13.4. The third kappa shape index (κ3) is 5.51. The molecule has 0 atom stereocenters. The van der Waals surface area contributed by atoms with Crippen molar-refractivity contribution in [3.05, 3.63) is 64.7 Å². The topological polar surface area (TPSA) is 102 Å². The van der Waals surface area contributed by atoms with E-state index in [-0.39, 0.29) is 10.9 Å². The molecule has 35 heavy (non-hydrogen) atoms. The first-order valence-electron chi connectivity index (χ1n) is 11.0. The minimum Gasteiger partial charge on any atom is -0.367 e. The molecule has 0 radical (unpaired) electrons. The van der Waals surface area contributed by atoms with Crippen LogP contribution in [0, 0.1) is 6.92 Å². The van der Waals surface area contributed by atoms with Crippen molar-refractivity contribution < 1.29 is 26.4 Å². The van der Waals surface area contributed by atoms with E-state index in [1.165, 1.54) is 17.4 Å². The van der Waals surface area contributed by atoms with E-state index < -0.39 is 32.7 Å². The minimum absolute atomic E-state index is 0.0608. The van der Waals surface area contributed by atoms with Gasteiger partial charge in [0, 0.05) is 17.1 Å². The van der Waals surface area contributed by atoms with Crippen molar-refractivity contribution in [1.82, 2.24) is 4.98 Å². The van der Waals surface area contributed by atoms with Crippen LogP contribution in [0.15, 0.2) is 53.6 Å². The summed E-state index contributed by atoms with van der Waals surface area (Å²) in [7, 11) is -3.54. The third-order valence-electron chi connectivity index (χ3n) is 6.16. The first-order chi connectivity index (χ1) is 16.4. The summed E-state index contributed by atoms with van der Waals surface area (Å²) in [6, 6.07) is 10.6. The Labute approximate surface area is 205 Å². The van der Waals surface area contributed by atoms with E-state index in [2.05, 4.69) is 10.3 Å². The number of hydrogen-bond acceptors (Lipinski definition) is 6. The molecule has 0 aliphatic heterocycles. The average Bonchev–Trinajstić information content (AvgIpc) is 3.21. The van der Waals surface area contributed by atoms with Gasteiger partial charge in [-0.3, -0.25) is 4.79 Å². The van der Waals surface area contributed by atoms with Crippen molar-refractivity contribution in [2.75, 3.05) is 5.32 Å². The number of alkyl halides is 3. The molecule has 0 saturated heterocycles. The fourth-order valence-electron chi connectivity index (χ4n) is 4.25. The summed E-state index contributed by atoms with van der Waals surface area (Å²) in [6.07, 6.45) is -1.65. The van der Waals surface area contributed by atoms with Crippen LogP contribution in [0.5, 0.6) is 0 Å². The van der Waals surface area contributed by atoms with Crippen LogP contribution < -0.4 is 11.1 Å². The van der Waals surface area contributed by atoms with Crippen molar-refractivity contribution in [2.45, 2.75) is 55.0 Å². The summed E-state index contributed by atoms with van der Waals surface area (Å²) in [6.45, 7) is 1.87. The maximum absolute atomic E-state index is 13.2. The molecule has 0 bridgehead atoms. The zero-order chi connectivity index (χ0) is 25.4. The molecule has 0 unspecified atom stereocenters. The van der Waals surface area contributed by atoms with Crippen molar-refractivity contribution in [2.24, 2.45) is 5.73 Å². The van der Waals surface area contributed by atoms with Crippen LogP contribution in [0.25, 0.3) is 10.4 Å². The molecule has 1 fully saturated rings. The molecule has 1 saturated carbocycles. The summed E-state index contributed by atoms with van der Waals surface area (Å²) in [5, 5.41) is 2.58. The number of aromatic nitrogens is 1. The van der Waals surface area contributed by atoms with Crippen LogP contribution in [0.4, 0.5) is 19.0 Å². The van der Waals surface area contributed by atoms with Gasteiger partial charge in [-0.05, 0) is 74.1 Å². The maximum atomic E-state index is 13.2. The lowest BCUT2D eigenvalue weighted by atomic mass is 9.95. The van der Waals surface area contributed by atoms with Gasteiger partial charge >= 0.3 is 6.18 Å². The molecule has 4 rings (SSSR count). The number of amides is 1. The van der Waals surface area contributed by atoms with Gasteiger partial charge in [-0.2, -0.15) is 13.2 Å². The van der Waals surface area contributed by atoms with E-state index in [9.17, 15) is 26.4 Å². The average molecular weight is 524 g/mol. The molecule has 11 heteroatoms. The highest BCUT2D eigenvalue weighted by Gasteiger charge is 2.33. The predicted molar refractivity (Wildman–Crippen MR) is 129 cm³/mol. The molecular weight excluding hydrogens is 499 g/mol. The first kappa shape index (κ1) is 25.2. The van der Waals surface area contributed by atoms with E-state index in [1.54, 1.807) is 30.3 Å². The van der Waals surface area contributed by atoms with Crippen LogP contribution in [-0.2, 0) is 16.0 Å². The van der Waals surface area contributed by atoms with E-state index in [0.29, 0.717) is 36.4 Å². The fraction of sp³-hybridized carbons (Fsp3) is 0.333. The molecular formula is C24H24F3N3O3S2. The van der Waals surface area contributed by atoms with Crippen molar-refractivity contribution in [3.8, 4) is 10.4 Å². The van der Waals surface area contributed by atoms with Crippen LogP contribution in [0.2, 0.25) is 0 Å². The number of nitrogens with one attached hydrogen (secondary N) is 1. The van der Waals surface area contributed by atoms with Crippen molar-refractivity contribution in [1.29, 1.82) is 0 Å². The largest absolute Gasteiger partial charge is 0.417 e. The number of aryl methyl sites for hydroxylation is 1. The Balaban J connectivity index is 1.39. The number of hydrogen-bond donors (Lipinski definition) is 2. The number of nitrogens with zero attached hydrogens (tertiary/aromatic N) is 1. The highest BCUT2D eigenvalue weighted by molar-refractivity contribution is 7.92. The number of nitrogens with two attached hydrogens (primary N) is 1. The van der Waals surface area contributed by atoms with E-state index in [0.717, 1.165) is 28.3 Å². The van der Waals surface area contributed by atoms with Crippen LogP contribution in [0.1, 0.15) is 46.5 Å². The normalized spacial score (nSPS) is 18.9. The lowest BCUT2D eigenvalue weighted by Crippen LogP contribution is -2.33. The number of pyridine rings is 1. The predicted octanol–water partition coefficient (Wildman–Crippen LogP) is 5.43. The molecule has 1 aliphatic carbocycles. The Kier molecular flexibility index (Phi) is 6.92. The Morgan fingerprint density at radius 2 is 1.74 bits per heavy atom. The number of thiophene rings is 1. The zero-order valence-corrected chi connectivity index (χ0v) is 20.4. The van der Waals surface area contributed by atoms with Crippen molar-refractivity contribution in [3.63, 3.8) is 0 Å². The standard InChI is InChI=1S/C24H24F3N3O3S2/c1-14-12-20(23(28)31)34-22(14)15-2-7-18(8-3-15)35(32,33)19-9-5-17(6-10-19)30-21-11-4-16(13-29-21)24(25,26)27/h2-4,7-8,11-13,17,19H,5-6,9-10H2,1H3,(H2,28,31)(H,29,30). The van der Waals surface area contributed by atoms with Gasteiger partial charge in [-0.25, -0.2) is 13.4 Å². The molecule has 1 aromatic carbocycles. The van der Waals surface area contributed by atoms with Gasteiger partial charge in [0.2, 0.25) is 0 Å².